The minimum Gasteiger partial charge on any atom is -0.481 e. The van der Waals surface area contributed by atoms with Crippen LogP contribution in [0.1, 0.15) is 56.9 Å². The third-order valence-corrected chi connectivity index (χ3v) is 7.90. The molecule has 3 aromatic heterocycles. The SMILES string of the molecule is Cc1nn2c3c(nc2s1)CCN(C(=O)COc1ccc(C(=O)NC2CC2)nc1Cl)C3c1ccc(CN)cc1F. The molecule has 3 N–H and O–H groups in total. The zero-order valence-electron chi connectivity index (χ0n) is 21.0. The summed E-state index contributed by atoms with van der Waals surface area (Å²) in [5.74, 6) is -0.978. The molecule has 4 aromatic rings. The Hall–Kier alpha value is -3.61. The quantitative estimate of drug-likeness (QED) is 0.327. The van der Waals surface area contributed by atoms with Gasteiger partial charge in [-0.2, -0.15) is 5.10 Å². The van der Waals surface area contributed by atoms with Gasteiger partial charge in [-0.3, -0.25) is 9.59 Å². The van der Waals surface area contributed by atoms with Crippen molar-refractivity contribution in [3.8, 4) is 5.75 Å². The van der Waals surface area contributed by atoms with Crippen LogP contribution in [0.4, 0.5) is 4.39 Å². The maximum atomic E-state index is 15.4. The maximum Gasteiger partial charge on any atom is 0.270 e. The standard InChI is InChI=1S/C26H25ClFN7O3S/c1-13-33-35-23-18(32-26(35)39-13)8-9-34(22(23)16-5-2-14(11-29)10-17(16)28)21(36)12-38-20-7-6-19(31-24(20)27)25(37)30-15-3-4-15/h2,5-7,10,15,22H,3-4,8-9,11-12,29H2,1H3,(H,30,37). The van der Waals surface area contributed by atoms with Crippen LogP contribution in [0.15, 0.2) is 30.3 Å². The predicted octanol–water partition coefficient (Wildman–Crippen LogP) is 3.19. The summed E-state index contributed by atoms with van der Waals surface area (Å²) in [7, 11) is 0. The number of aryl methyl sites for hydroxylation is 1. The van der Waals surface area contributed by atoms with Gasteiger partial charge in [0.15, 0.2) is 17.5 Å². The topological polar surface area (TPSA) is 128 Å². The van der Waals surface area contributed by atoms with E-state index in [0.29, 0.717) is 34.7 Å². The highest BCUT2D eigenvalue weighted by atomic mass is 35.5. The number of benzene rings is 1. The Balaban J connectivity index is 1.28. The van der Waals surface area contributed by atoms with Gasteiger partial charge in [0.05, 0.1) is 11.4 Å². The number of hydrogen-bond acceptors (Lipinski definition) is 8. The van der Waals surface area contributed by atoms with Crippen molar-refractivity contribution in [2.24, 2.45) is 5.73 Å². The Labute approximate surface area is 231 Å². The third-order valence-electron chi connectivity index (χ3n) is 6.80. The van der Waals surface area contributed by atoms with E-state index >= 15 is 4.39 Å². The molecule has 1 aromatic carbocycles. The van der Waals surface area contributed by atoms with Gasteiger partial charge in [0, 0.05) is 31.1 Å². The monoisotopic (exact) mass is 569 g/mol. The molecular weight excluding hydrogens is 545 g/mol. The van der Waals surface area contributed by atoms with Crippen molar-refractivity contribution in [3.05, 3.63) is 74.5 Å². The molecule has 1 unspecified atom stereocenters. The molecule has 10 nitrogen and oxygen atoms in total. The number of amides is 2. The van der Waals surface area contributed by atoms with Crippen LogP contribution in [-0.4, -0.2) is 55.5 Å². The molecule has 1 aliphatic carbocycles. The highest BCUT2D eigenvalue weighted by Gasteiger charge is 2.38. The molecule has 4 heterocycles. The van der Waals surface area contributed by atoms with Gasteiger partial charge in [-0.25, -0.2) is 18.9 Å². The van der Waals surface area contributed by atoms with Crippen LogP contribution in [0, 0.1) is 12.7 Å². The summed E-state index contributed by atoms with van der Waals surface area (Å²) in [6.45, 7) is 2.02. The molecule has 1 saturated carbocycles. The van der Waals surface area contributed by atoms with Crippen molar-refractivity contribution in [2.45, 2.75) is 44.8 Å². The molecule has 0 bridgehead atoms. The molecule has 2 aliphatic rings. The van der Waals surface area contributed by atoms with Crippen LogP contribution in [0.5, 0.6) is 5.75 Å². The molecule has 13 heteroatoms. The zero-order chi connectivity index (χ0) is 27.3. The number of rotatable bonds is 7. The first-order chi connectivity index (χ1) is 18.8. The number of fused-ring (bicyclic) bond motifs is 3. The maximum absolute atomic E-state index is 15.4. The van der Waals surface area contributed by atoms with Gasteiger partial charge in [0.2, 0.25) is 4.96 Å². The second-order valence-corrected chi connectivity index (χ2v) is 11.1. The Bertz CT molecular complexity index is 1600. The Morgan fingerprint density at radius 3 is 2.79 bits per heavy atom. The average Bonchev–Trinajstić information content (AvgIpc) is 3.57. The number of imidazole rings is 1. The first kappa shape index (κ1) is 25.7. The Morgan fingerprint density at radius 2 is 2.08 bits per heavy atom. The summed E-state index contributed by atoms with van der Waals surface area (Å²) in [4.78, 5) is 36.9. The van der Waals surface area contributed by atoms with Gasteiger partial charge < -0.3 is 20.7 Å². The fraction of sp³-hybridized carbons (Fsp3) is 0.346. The lowest BCUT2D eigenvalue weighted by molar-refractivity contribution is -0.135. The third kappa shape index (κ3) is 4.95. The van der Waals surface area contributed by atoms with E-state index in [0.717, 1.165) is 23.5 Å². The number of hydrogen-bond donors (Lipinski definition) is 2. The van der Waals surface area contributed by atoms with Crippen LogP contribution in [0.3, 0.4) is 0 Å². The van der Waals surface area contributed by atoms with E-state index in [-0.39, 0.29) is 47.6 Å². The summed E-state index contributed by atoms with van der Waals surface area (Å²) >= 11 is 7.70. The normalized spacial score (nSPS) is 16.8. The van der Waals surface area contributed by atoms with Crippen LogP contribution in [0.25, 0.3) is 4.96 Å². The fourth-order valence-corrected chi connectivity index (χ4v) is 5.71. The molecule has 39 heavy (non-hydrogen) atoms. The number of nitrogens with zero attached hydrogens (tertiary/aromatic N) is 5. The van der Waals surface area contributed by atoms with Crippen molar-refractivity contribution >= 4 is 39.7 Å². The lowest BCUT2D eigenvalue weighted by atomic mass is 9.94. The first-order valence-electron chi connectivity index (χ1n) is 12.6. The van der Waals surface area contributed by atoms with Crippen LogP contribution >= 0.6 is 22.9 Å². The second kappa shape index (κ2) is 10.2. The number of carbonyl (C=O) groups is 2. The first-order valence-corrected chi connectivity index (χ1v) is 13.7. The summed E-state index contributed by atoms with van der Waals surface area (Å²) in [5, 5.41) is 8.20. The summed E-state index contributed by atoms with van der Waals surface area (Å²) in [6.07, 6.45) is 2.40. The lowest BCUT2D eigenvalue weighted by Gasteiger charge is -2.35. The number of carbonyl (C=O) groups excluding carboxylic acids is 2. The molecule has 0 spiro atoms. The Morgan fingerprint density at radius 1 is 1.26 bits per heavy atom. The van der Waals surface area contributed by atoms with Crippen LogP contribution < -0.4 is 15.8 Å². The van der Waals surface area contributed by atoms with Gasteiger partial charge in [-0.15, -0.1) is 0 Å². The lowest BCUT2D eigenvalue weighted by Crippen LogP contribution is -2.43. The van der Waals surface area contributed by atoms with Gasteiger partial charge in [0.25, 0.3) is 11.8 Å². The summed E-state index contributed by atoms with van der Waals surface area (Å²) in [5.41, 5.74) is 8.28. The van der Waals surface area contributed by atoms with E-state index in [4.69, 9.17) is 27.1 Å². The molecule has 202 valence electrons. The van der Waals surface area contributed by atoms with E-state index in [2.05, 4.69) is 15.4 Å². The van der Waals surface area contributed by atoms with Gasteiger partial charge >= 0.3 is 0 Å². The van der Waals surface area contributed by atoms with E-state index in [1.807, 2.05) is 6.92 Å². The van der Waals surface area contributed by atoms with Crippen molar-refractivity contribution in [1.29, 1.82) is 0 Å². The molecule has 1 aliphatic heterocycles. The smallest absolute Gasteiger partial charge is 0.270 e. The molecule has 2 amide bonds. The zero-order valence-corrected chi connectivity index (χ0v) is 22.6. The van der Waals surface area contributed by atoms with Crippen molar-refractivity contribution < 1.29 is 18.7 Å². The van der Waals surface area contributed by atoms with E-state index in [1.165, 1.54) is 29.5 Å². The Kier molecular flexibility index (Phi) is 6.69. The van der Waals surface area contributed by atoms with Crippen molar-refractivity contribution in [1.82, 2.24) is 29.8 Å². The number of nitrogens with one attached hydrogen (secondary N) is 1. The average molecular weight is 570 g/mol. The molecule has 1 fully saturated rings. The van der Waals surface area contributed by atoms with Gasteiger partial charge in [-0.05, 0) is 43.5 Å². The number of pyridine rings is 1. The minimum absolute atomic E-state index is 0.0254. The molecule has 1 atom stereocenters. The molecular formula is C26H25ClFN7O3S. The van der Waals surface area contributed by atoms with E-state index in [1.54, 1.807) is 21.5 Å². The fourth-order valence-electron chi connectivity index (χ4n) is 4.73. The highest BCUT2D eigenvalue weighted by molar-refractivity contribution is 7.16. The molecule has 0 saturated heterocycles. The number of aromatic nitrogens is 4. The number of nitrogens with two attached hydrogens (primary N) is 1. The van der Waals surface area contributed by atoms with Crippen molar-refractivity contribution in [3.63, 3.8) is 0 Å². The minimum atomic E-state index is -0.768. The van der Waals surface area contributed by atoms with Crippen LogP contribution in [-0.2, 0) is 17.8 Å². The molecule has 6 rings (SSSR count). The second-order valence-electron chi connectivity index (χ2n) is 9.58. The largest absolute Gasteiger partial charge is 0.481 e. The van der Waals surface area contributed by atoms with Gasteiger partial charge in [-0.1, -0.05) is 35.1 Å². The number of ether oxygens (including phenoxy) is 1. The van der Waals surface area contributed by atoms with E-state index < -0.39 is 11.9 Å². The van der Waals surface area contributed by atoms with Gasteiger partial charge in [0.1, 0.15) is 22.6 Å². The van der Waals surface area contributed by atoms with E-state index in [9.17, 15) is 9.59 Å². The predicted molar refractivity (Wildman–Crippen MR) is 142 cm³/mol. The number of halogens is 2. The molecule has 0 radical (unpaired) electrons. The van der Waals surface area contributed by atoms with Crippen molar-refractivity contribution in [2.75, 3.05) is 13.2 Å². The summed E-state index contributed by atoms with van der Waals surface area (Å²) < 4.78 is 22.8. The summed E-state index contributed by atoms with van der Waals surface area (Å²) in [6, 6.07) is 7.23. The highest BCUT2D eigenvalue weighted by Crippen LogP contribution is 2.38. The van der Waals surface area contributed by atoms with Crippen LogP contribution in [0.2, 0.25) is 5.15 Å².